The van der Waals surface area contributed by atoms with Gasteiger partial charge in [-0.1, -0.05) is 42.5 Å². The first-order valence-electron chi connectivity index (χ1n) is 4.37. The molecule has 2 rings (SSSR count). The maximum absolute atomic E-state index is 5.27. The van der Waals surface area contributed by atoms with E-state index >= 15 is 0 Å². The van der Waals surface area contributed by atoms with Crippen LogP contribution >= 0.6 is 0 Å². The first-order chi connectivity index (χ1) is 6.42. The lowest BCUT2D eigenvalue weighted by Gasteiger charge is -2.03. The predicted octanol–water partition coefficient (Wildman–Crippen LogP) is 1.20. The molecule has 66 valence electrons. The van der Waals surface area contributed by atoms with E-state index in [0.29, 0.717) is 0 Å². The summed E-state index contributed by atoms with van der Waals surface area (Å²) in [6.07, 6.45) is 0. The normalized spacial score (nSPS) is 11.5. The van der Waals surface area contributed by atoms with E-state index in [1.807, 2.05) is 0 Å². The average Bonchev–Trinajstić information content (AvgIpc) is 2.19. The van der Waals surface area contributed by atoms with Gasteiger partial charge in [0.2, 0.25) is 0 Å². The lowest BCUT2D eigenvalue weighted by Crippen LogP contribution is -2.16. The summed E-state index contributed by atoms with van der Waals surface area (Å²) in [6.45, 7) is 0. The minimum atomic E-state index is -0.523. The number of rotatable bonds is 2. The van der Waals surface area contributed by atoms with Gasteiger partial charge < -0.3 is 4.43 Å². The molecule has 2 aromatic rings. The monoisotopic (exact) mass is 188 g/mol. The van der Waals surface area contributed by atoms with Crippen LogP contribution in [0, 0.1) is 0 Å². The van der Waals surface area contributed by atoms with E-state index in [9.17, 15) is 0 Å². The quantitative estimate of drug-likeness (QED) is 0.643. The highest BCUT2D eigenvalue weighted by atomic mass is 28.2. The molecule has 0 fully saturated rings. The van der Waals surface area contributed by atoms with Crippen molar-refractivity contribution in [2.75, 3.05) is 7.11 Å². The van der Waals surface area contributed by atoms with Gasteiger partial charge in [-0.05, 0) is 16.0 Å². The van der Waals surface area contributed by atoms with E-state index in [-0.39, 0.29) is 0 Å². The lowest BCUT2D eigenvalue weighted by atomic mass is 10.1. The summed E-state index contributed by atoms with van der Waals surface area (Å²) < 4.78 is 5.27. The number of benzene rings is 2. The maximum Gasteiger partial charge on any atom is 0.192 e. The standard InChI is InChI=1S/C11H12OSi/c1-12-13-11-8-4-6-9-5-2-3-7-10(9)11/h2-8H,13H2,1H3. The van der Waals surface area contributed by atoms with Gasteiger partial charge in [-0.3, -0.25) is 0 Å². The zero-order valence-electron chi connectivity index (χ0n) is 7.66. The van der Waals surface area contributed by atoms with Gasteiger partial charge in [0.15, 0.2) is 9.76 Å². The first-order valence-corrected chi connectivity index (χ1v) is 5.66. The average molecular weight is 188 g/mol. The molecule has 0 aromatic heterocycles. The van der Waals surface area contributed by atoms with Crippen molar-refractivity contribution in [3.63, 3.8) is 0 Å². The van der Waals surface area contributed by atoms with Crippen molar-refractivity contribution >= 4 is 25.7 Å². The fourth-order valence-corrected chi connectivity index (χ4v) is 2.59. The van der Waals surface area contributed by atoms with Crippen molar-refractivity contribution in [1.82, 2.24) is 0 Å². The molecule has 0 aliphatic rings. The van der Waals surface area contributed by atoms with Gasteiger partial charge in [0.25, 0.3) is 0 Å². The van der Waals surface area contributed by atoms with Gasteiger partial charge in [0.1, 0.15) is 0 Å². The molecule has 0 radical (unpaired) electrons. The third kappa shape index (κ3) is 1.64. The van der Waals surface area contributed by atoms with Gasteiger partial charge in [-0.2, -0.15) is 0 Å². The van der Waals surface area contributed by atoms with Crippen molar-refractivity contribution in [3.8, 4) is 0 Å². The van der Waals surface area contributed by atoms with Gasteiger partial charge >= 0.3 is 0 Å². The zero-order valence-corrected chi connectivity index (χ0v) is 9.07. The van der Waals surface area contributed by atoms with E-state index in [4.69, 9.17) is 4.43 Å². The Morgan fingerprint density at radius 3 is 2.62 bits per heavy atom. The third-order valence-electron chi connectivity index (χ3n) is 2.18. The molecule has 0 aliphatic heterocycles. The molecule has 0 N–H and O–H groups in total. The zero-order chi connectivity index (χ0) is 9.10. The second kappa shape index (κ2) is 3.73. The van der Waals surface area contributed by atoms with Crippen LogP contribution < -0.4 is 5.19 Å². The summed E-state index contributed by atoms with van der Waals surface area (Å²) in [4.78, 5) is 0. The van der Waals surface area contributed by atoms with Crippen LogP contribution in [0.3, 0.4) is 0 Å². The van der Waals surface area contributed by atoms with Gasteiger partial charge in [-0.15, -0.1) is 0 Å². The molecule has 2 aromatic carbocycles. The highest BCUT2D eigenvalue weighted by Gasteiger charge is 1.98. The van der Waals surface area contributed by atoms with E-state index in [1.54, 1.807) is 7.11 Å². The highest BCUT2D eigenvalue weighted by Crippen LogP contribution is 2.09. The summed E-state index contributed by atoms with van der Waals surface area (Å²) in [6, 6.07) is 14.9. The summed E-state index contributed by atoms with van der Waals surface area (Å²) in [5, 5.41) is 4.05. The number of hydrogen-bond acceptors (Lipinski definition) is 1. The summed E-state index contributed by atoms with van der Waals surface area (Å²) in [5.41, 5.74) is 0. The van der Waals surface area contributed by atoms with E-state index < -0.39 is 9.76 Å². The number of fused-ring (bicyclic) bond motifs is 1. The Kier molecular flexibility index (Phi) is 2.43. The van der Waals surface area contributed by atoms with Crippen LogP contribution in [0.2, 0.25) is 0 Å². The second-order valence-electron chi connectivity index (χ2n) is 3.07. The van der Waals surface area contributed by atoms with Crippen LogP contribution in [-0.2, 0) is 4.43 Å². The van der Waals surface area contributed by atoms with Crippen molar-refractivity contribution in [3.05, 3.63) is 42.5 Å². The Balaban J connectivity index is 2.61. The number of hydrogen-bond donors (Lipinski definition) is 0. The largest absolute Gasteiger partial charge is 0.422 e. The smallest absolute Gasteiger partial charge is 0.192 e. The third-order valence-corrected chi connectivity index (χ3v) is 3.40. The first kappa shape index (κ1) is 8.47. The fourth-order valence-electron chi connectivity index (χ4n) is 1.57. The highest BCUT2D eigenvalue weighted by molar-refractivity contribution is 6.51. The van der Waals surface area contributed by atoms with Crippen molar-refractivity contribution in [2.24, 2.45) is 0 Å². The van der Waals surface area contributed by atoms with Gasteiger partial charge in [0.05, 0.1) is 0 Å². The molecule has 0 spiro atoms. The summed E-state index contributed by atoms with van der Waals surface area (Å²) in [7, 11) is 1.26. The molecule has 0 bridgehead atoms. The van der Waals surface area contributed by atoms with E-state index in [0.717, 1.165) is 0 Å². The Labute approximate surface area is 80.3 Å². The lowest BCUT2D eigenvalue weighted by molar-refractivity contribution is 0.450. The maximum atomic E-state index is 5.27. The molecular weight excluding hydrogens is 176 g/mol. The molecular formula is C11H12OSi. The molecule has 0 aliphatic carbocycles. The van der Waals surface area contributed by atoms with E-state index in [2.05, 4.69) is 42.5 Å². The molecule has 1 nitrogen and oxygen atoms in total. The van der Waals surface area contributed by atoms with Crippen LogP contribution in [0.5, 0.6) is 0 Å². The summed E-state index contributed by atoms with van der Waals surface area (Å²) in [5.74, 6) is 0. The van der Waals surface area contributed by atoms with Crippen molar-refractivity contribution < 1.29 is 4.43 Å². The molecule has 0 atom stereocenters. The molecule has 0 amide bonds. The molecule has 13 heavy (non-hydrogen) atoms. The Bertz CT molecular complexity index is 406. The van der Waals surface area contributed by atoms with Crippen molar-refractivity contribution in [1.29, 1.82) is 0 Å². The molecule has 0 heterocycles. The van der Waals surface area contributed by atoms with Crippen LogP contribution in [0.25, 0.3) is 10.8 Å². The van der Waals surface area contributed by atoms with Crippen LogP contribution in [0.4, 0.5) is 0 Å². The van der Waals surface area contributed by atoms with Crippen LogP contribution in [0.1, 0.15) is 0 Å². The Morgan fingerprint density at radius 1 is 1.00 bits per heavy atom. The predicted molar refractivity (Wildman–Crippen MR) is 59.1 cm³/mol. The molecule has 2 heteroatoms. The topological polar surface area (TPSA) is 9.23 Å². The summed E-state index contributed by atoms with van der Waals surface area (Å²) >= 11 is 0. The fraction of sp³-hybridized carbons (Fsp3) is 0.0909. The van der Waals surface area contributed by atoms with Gasteiger partial charge in [-0.25, -0.2) is 0 Å². The van der Waals surface area contributed by atoms with Gasteiger partial charge in [0, 0.05) is 7.11 Å². The minimum absolute atomic E-state index is 0.523. The second-order valence-corrected chi connectivity index (χ2v) is 4.70. The molecule has 0 saturated heterocycles. The Morgan fingerprint density at radius 2 is 1.77 bits per heavy atom. The SMILES string of the molecule is CO[SiH2]c1cccc2ccccc12. The van der Waals surface area contributed by atoms with Crippen LogP contribution in [-0.4, -0.2) is 16.9 Å². The molecule has 0 unspecified atom stereocenters. The molecule has 0 saturated carbocycles. The Hall–Kier alpha value is -1.12. The van der Waals surface area contributed by atoms with Crippen LogP contribution in [0.15, 0.2) is 42.5 Å². The van der Waals surface area contributed by atoms with E-state index in [1.165, 1.54) is 16.0 Å². The van der Waals surface area contributed by atoms with Crippen molar-refractivity contribution in [2.45, 2.75) is 0 Å². The minimum Gasteiger partial charge on any atom is -0.422 e.